The Morgan fingerprint density at radius 2 is 1.84 bits per heavy atom. The zero-order valence-corrected chi connectivity index (χ0v) is 10.7. The molecule has 1 saturated carbocycles. The quantitative estimate of drug-likeness (QED) is 0.670. The summed E-state index contributed by atoms with van der Waals surface area (Å²) in [5.41, 5.74) is -0.694. The SMILES string of the molecule is CC1CCC(Nc2cc([N+](=O)[O-])c(F)cc2F)CC1. The van der Waals surface area contributed by atoms with Gasteiger partial charge in [-0.3, -0.25) is 10.1 Å². The van der Waals surface area contributed by atoms with Gasteiger partial charge in [-0.2, -0.15) is 4.39 Å². The molecular weight excluding hydrogens is 254 g/mol. The summed E-state index contributed by atoms with van der Waals surface area (Å²) in [4.78, 5) is 9.79. The van der Waals surface area contributed by atoms with Gasteiger partial charge in [0.25, 0.3) is 0 Å². The molecule has 0 radical (unpaired) electrons. The molecule has 0 spiro atoms. The van der Waals surface area contributed by atoms with Gasteiger partial charge < -0.3 is 5.32 Å². The minimum Gasteiger partial charge on any atom is -0.380 e. The van der Waals surface area contributed by atoms with Crippen LogP contribution in [0.25, 0.3) is 0 Å². The molecule has 1 aromatic carbocycles. The van der Waals surface area contributed by atoms with Gasteiger partial charge in [0.05, 0.1) is 10.6 Å². The van der Waals surface area contributed by atoms with E-state index in [4.69, 9.17) is 0 Å². The lowest BCUT2D eigenvalue weighted by molar-refractivity contribution is -0.387. The summed E-state index contributed by atoms with van der Waals surface area (Å²) in [5, 5.41) is 13.6. The standard InChI is InChI=1S/C13H16F2N2O2/c1-8-2-4-9(5-3-8)16-12-7-13(17(18)19)11(15)6-10(12)14/h6-9,16H,2-5H2,1H3. The van der Waals surface area contributed by atoms with Crippen LogP contribution in [0.2, 0.25) is 0 Å². The fourth-order valence-corrected chi connectivity index (χ4v) is 2.41. The maximum absolute atomic E-state index is 13.6. The predicted molar refractivity (Wildman–Crippen MR) is 68.1 cm³/mol. The van der Waals surface area contributed by atoms with Gasteiger partial charge >= 0.3 is 5.69 Å². The van der Waals surface area contributed by atoms with E-state index in [0.29, 0.717) is 12.0 Å². The number of nitrogens with one attached hydrogen (secondary N) is 1. The molecule has 0 heterocycles. The molecule has 1 aliphatic rings. The number of nitro benzene ring substituents is 1. The highest BCUT2D eigenvalue weighted by atomic mass is 19.1. The average molecular weight is 270 g/mol. The predicted octanol–water partition coefficient (Wildman–Crippen LogP) is 3.86. The average Bonchev–Trinajstić information content (AvgIpc) is 2.34. The van der Waals surface area contributed by atoms with E-state index in [2.05, 4.69) is 12.2 Å². The number of hydrogen-bond donors (Lipinski definition) is 1. The molecule has 1 N–H and O–H groups in total. The fraction of sp³-hybridized carbons (Fsp3) is 0.538. The molecule has 1 aliphatic carbocycles. The summed E-state index contributed by atoms with van der Waals surface area (Å²) < 4.78 is 26.8. The van der Waals surface area contributed by atoms with Crippen LogP contribution in [0.15, 0.2) is 12.1 Å². The highest BCUT2D eigenvalue weighted by molar-refractivity contribution is 5.53. The Morgan fingerprint density at radius 3 is 2.42 bits per heavy atom. The van der Waals surface area contributed by atoms with E-state index in [1.807, 2.05) is 0 Å². The molecule has 0 unspecified atom stereocenters. The molecule has 2 rings (SSSR count). The van der Waals surface area contributed by atoms with Gasteiger partial charge in [-0.15, -0.1) is 0 Å². The van der Waals surface area contributed by atoms with Gasteiger partial charge in [0, 0.05) is 18.2 Å². The molecule has 0 aliphatic heterocycles. The largest absolute Gasteiger partial charge is 0.380 e. The van der Waals surface area contributed by atoms with Crippen molar-refractivity contribution < 1.29 is 13.7 Å². The van der Waals surface area contributed by atoms with E-state index < -0.39 is 22.2 Å². The summed E-state index contributed by atoms with van der Waals surface area (Å²) >= 11 is 0. The molecule has 19 heavy (non-hydrogen) atoms. The summed E-state index contributed by atoms with van der Waals surface area (Å²) in [6.45, 7) is 2.17. The number of rotatable bonds is 3. The number of halogens is 2. The van der Waals surface area contributed by atoms with Crippen LogP contribution in [0.5, 0.6) is 0 Å². The Balaban J connectivity index is 2.15. The molecule has 6 heteroatoms. The highest BCUT2D eigenvalue weighted by Gasteiger charge is 2.22. The van der Waals surface area contributed by atoms with Crippen molar-refractivity contribution in [3.05, 3.63) is 33.9 Å². The highest BCUT2D eigenvalue weighted by Crippen LogP contribution is 2.29. The van der Waals surface area contributed by atoms with Crippen molar-refractivity contribution in [1.82, 2.24) is 0 Å². The van der Waals surface area contributed by atoms with Crippen LogP contribution < -0.4 is 5.32 Å². The topological polar surface area (TPSA) is 55.2 Å². The zero-order valence-electron chi connectivity index (χ0n) is 10.7. The van der Waals surface area contributed by atoms with Crippen molar-refractivity contribution >= 4 is 11.4 Å². The molecule has 0 aromatic heterocycles. The Kier molecular flexibility index (Phi) is 3.97. The first-order chi connectivity index (χ1) is 8.97. The van der Waals surface area contributed by atoms with Crippen LogP contribution in [0.1, 0.15) is 32.6 Å². The first kappa shape index (κ1) is 13.7. The van der Waals surface area contributed by atoms with Gasteiger partial charge in [-0.1, -0.05) is 6.92 Å². The maximum Gasteiger partial charge on any atom is 0.307 e. The van der Waals surface area contributed by atoms with E-state index in [9.17, 15) is 18.9 Å². The molecular formula is C13H16F2N2O2. The van der Waals surface area contributed by atoms with Gasteiger partial charge in [0.1, 0.15) is 5.82 Å². The van der Waals surface area contributed by atoms with Gasteiger partial charge in [-0.05, 0) is 31.6 Å². The van der Waals surface area contributed by atoms with E-state index in [1.165, 1.54) is 0 Å². The van der Waals surface area contributed by atoms with Crippen molar-refractivity contribution in [1.29, 1.82) is 0 Å². The first-order valence-electron chi connectivity index (χ1n) is 6.37. The molecule has 0 amide bonds. The van der Waals surface area contributed by atoms with E-state index in [1.54, 1.807) is 0 Å². The van der Waals surface area contributed by atoms with E-state index >= 15 is 0 Å². The molecule has 1 aromatic rings. The Labute approximate surface area is 110 Å². The number of hydrogen-bond acceptors (Lipinski definition) is 3. The molecule has 1 fully saturated rings. The smallest absolute Gasteiger partial charge is 0.307 e. The molecule has 0 atom stereocenters. The lowest BCUT2D eigenvalue weighted by Gasteiger charge is -2.27. The van der Waals surface area contributed by atoms with Crippen LogP contribution in [-0.4, -0.2) is 11.0 Å². The van der Waals surface area contributed by atoms with Crippen LogP contribution >= 0.6 is 0 Å². The number of benzene rings is 1. The molecule has 0 bridgehead atoms. The summed E-state index contributed by atoms with van der Waals surface area (Å²) in [7, 11) is 0. The molecule has 0 saturated heterocycles. The van der Waals surface area contributed by atoms with E-state index in [0.717, 1.165) is 31.7 Å². The van der Waals surface area contributed by atoms with Crippen molar-refractivity contribution in [3.63, 3.8) is 0 Å². The van der Waals surface area contributed by atoms with E-state index in [-0.39, 0.29) is 11.7 Å². The normalized spacial score (nSPS) is 23.1. The number of anilines is 1. The third-order valence-electron chi connectivity index (χ3n) is 3.61. The number of nitrogens with zero attached hydrogens (tertiary/aromatic N) is 1. The molecule has 4 nitrogen and oxygen atoms in total. The van der Waals surface area contributed by atoms with Crippen LogP contribution in [-0.2, 0) is 0 Å². The van der Waals surface area contributed by atoms with Crippen molar-refractivity contribution in [3.8, 4) is 0 Å². The Bertz CT molecular complexity index is 486. The fourth-order valence-electron chi connectivity index (χ4n) is 2.41. The third kappa shape index (κ3) is 3.19. The Morgan fingerprint density at radius 1 is 1.21 bits per heavy atom. The second-order valence-electron chi connectivity index (χ2n) is 5.14. The van der Waals surface area contributed by atoms with Crippen LogP contribution in [0.3, 0.4) is 0 Å². The van der Waals surface area contributed by atoms with Gasteiger partial charge in [-0.25, -0.2) is 4.39 Å². The van der Waals surface area contributed by atoms with Crippen LogP contribution in [0, 0.1) is 27.7 Å². The van der Waals surface area contributed by atoms with Crippen molar-refractivity contribution in [2.45, 2.75) is 38.6 Å². The van der Waals surface area contributed by atoms with Crippen molar-refractivity contribution in [2.24, 2.45) is 5.92 Å². The lowest BCUT2D eigenvalue weighted by Crippen LogP contribution is -2.25. The minimum absolute atomic E-state index is 0.00709. The monoisotopic (exact) mass is 270 g/mol. The summed E-state index contributed by atoms with van der Waals surface area (Å²) in [5.74, 6) is -1.28. The lowest BCUT2D eigenvalue weighted by atomic mass is 9.87. The summed E-state index contributed by atoms with van der Waals surface area (Å²) in [6.07, 6.45) is 3.88. The maximum atomic E-state index is 13.6. The third-order valence-corrected chi connectivity index (χ3v) is 3.61. The van der Waals surface area contributed by atoms with Gasteiger partial charge in [0.15, 0.2) is 0 Å². The second-order valence-corrected chi connectivity index (χ2v) is 5.14. The van der Waals surface area contributed by atoms with Crippen molar-refractivity contribution in [2.75, 3.05) is 5.32 Å². The van der Waals surface area contributed by atoms with Crippen LogP contribution in [0.4, 0.5) is 20.2 Å². The second kappa shape index (κ2) is 5.50. The first-order valence-corrected chi connectivity index (χ1v) is 6.37. The zero-order chi connectivity index (χ0) is 14.0. The number of nitro groups is 1. The Hall–Kier alpha value is -1.72. The summed E-state index contributed by atoms with van der Waals surface area (Å²) in [6, 6.07) is 1.59. The molecule has 104 valence electrons. The van der Waals surface area contributed by atoms with Gasteiger partial charge in [0.2, 0.25) is 5.82 Å². The minimum atomic E-state index is -1.15.